The minimum absolute atomic E-state index is 0.0111. The Bertz CT molecular complexity index is 653. The fourth-order valence-corrected chi connectivity index (χ4v) is 1.82. The molecule has 0 spiro atoms. The van der Waals surface area contributed by atoms with Gasteiger partial charge in [-0.15, -0.1) is 0 Å². The summed E-state index contributed by atoms with van der Waals surface area (Å²) < 4.78 is 0. The van der Waals surface area contributed by atoms with Crippen LogP contribution in [0.15, 0.2) is 42.5 Å². The summed E-state index contributed by atoms with van der Waals surface area (Å²) in [5.74, 6) is -2.23. The van der Waals surface area contributed by atoms with Crippen LogP contribution in [0, 0.1) is 6.92 Å². The Morgan fingerprint density at radius 2 is 1.55 bits per heavy atom. The number of carboxylic acids is 2. The molecule has 4 heteroatoms. The van der Waals surface area contributed by atoms with Crippen molar-refractivity contribution in [3.63, 3.8) is 0 Å². The highest BCUT2D eigenvalue weighted by atomic mass is 16.4. The van der Waals surface area contributed by atoms with E-state index in [1.54, 1.807) is 6.92 Å². The van der Waals surface area contributed by atoms with Crippen molar-refractivity contribution in [3.8, 4) is 0 Å². The highest BCUT2D eigenvalue weighted by Crippen LogP contribution is 2.25. The molecule has 2 aromatic rings. The molecule has 1 aliphatic rings. The van der Waals surface area contributed by atoms with Crippen molar-refractivity contribution in [3.05, 3.63) is 70.3 Å². The van der Waals surface area contributed by atoms with Crippen molar-refractivity contribution in [2.24, 2.45) is 0 Å². The molecule has 1 aliphatic carbocycles. The van der Waals surface area contributed by atoms with Gasteiger partial charge in [0, 0.05) is 0 Å². The van der Waals surface area contributed by atoms with Gasteiger partial charge < -0.3 is 10.2 Å². The van der Waals surface area contributed by atoms with Crippen LogP contribution in [0.1, 0.15) is 37.4 Å². The first-order valence-electron chi connectivity index (χ1n) is 6.13. The summed E-state index contributed by atoms with van der Waals surface area (Å²) in [6.45, 7) is 1.62. The predicted octanol–water partition coefficient (Wildman–Crippen LogP) is 2.98. The Morgan fingerprint density at radius 3 is 2.00 bits per heavy atom. The summed E-state index contributed by atoms with van der Waals surface area (Å²) >= 11 is 0. The van der Waals surface area contributed by atoms with E-state index in [2.05, 4.69) is 24.3 Å². The Balaban J connectivity index is 0.000000173. The monoisotopic (exact) mass is 270 g/mol. The molecule has 0 radical (unpaired) electrons. The van der Waals surface area contributed by atoms with Crippen molar-refractivity contribution in [2.45, 2.75) is 13.3 Å². The van der Waals surface area contributed by atoms with Crippen LogP contribution < -0.4 is 0 Å². The highest BCUT2D eigenvalue weighted by Gasteiger charge is 2.12. The number of benzene rings is 2. The molecule has 0 bridgehead atoms. The molecule has 0 saturated carbocycles. The Morgan fingerprint density at radius 1 is 0.950 bits per heavy atom. The number of carboxylic acid groups (broad SMARTS) is 2. The molecule has 0 saturated heterocycles. The average Bonchev–Trinajstić information content (AvgIpc) is 3.18. The second-order valence-corrected chi connectivity index (χ2v) is 4.59. The number of fused-ring (bicyclic) bond motifs is 1. The molecule has 3 rings (SSSR count). The van der Waals surface area contributed by atoms with Gasteiger partial charge in [-0.2, -0.15) is 0 Å². The van der Waals surface area contributed by atoms with E-state index < -0.39 is 11.9 Å². The standard InChI is InChI=1S/C9H8O4.C7H6/c1-5-2-3-6(8(10)11)4-7(5)9(12)13;1-2-4-7-5-6(7)3-1/h2-4H,1H3,(H,10,11)(H,12,13);1-4H,5H2. The smallest absolute Gasteiger partial charge is 0.335 e. The van der Waals surface area contributed by atoms with Crippen LogP contribution in [0.4, 0.5) is 0 Å². The summed E-state index contributed by atoms with van der Waals surface area (Å²) in [6.07, 6.45) is 1.24. The molecule has 0 heterocycles. The maximum Gasteiger partial charge on any atom is 0.335 e. The fraction of sp³-hybridized carbons (Fsp3) is 0.125. The van der Waals surface area contributed by atoms with E-state index in [0.29, 0.717) is 5.56 Å². The lowest BCUT2D eigenvalue weighted by molar-refractivity contribution is 0.0695. The topological polar surface area (TPSA) is 74.6 Å². The number of rotatable bonds is 2. The molecule has 0 fully saturated rings. The van der Waals surface area contributed by atoms with Gasteiger partial charge in [0.05, 0.1) is 11.1 Å². The summed E-state index contributed by atoms with van der Waals surface area (Å²) in [5, 5.41) is 17.3. The van der Waals surface area contributed by atoms with Gasteiger partial charge in [0.1, 0.15) is 0 Å². The molecule has 0 amide bonds. The molecule has 4 nitrogen and oxygen atoms in total. The molecule has 2 N–H and O–H groups in total. The molecule has 0 atom stereocenters. The second-order valence-electron chi connectivity index (χ2n) is 4.59. The van der Waals surface area contributed by atoms with Crippen molar-refractivity contribution < 1.29 is 19.8 Å². The zero-order valence-electron chi connectivity index (χ0n) is 11.0. The molecule has 2 aromatic carbocycles. The quantitative estimate of drug-likeness (QED) is 0.750. The molecule has 0 aromatic heterocycles. The molecule has 0 unspecified atom stereocenters. The molecule has 20 heavy (non-hydrogen) atoms. The zero-order chi connectivity index (χ0) is 14.7. The van der Waals surface area contributed by atoms with Gasteiger partial charge in [0.2, 0.25) is 0 Å². The number of carbonyl (C=O) groups is 2. The highest BCUT2D eigenvalue weighted by molar-refractivity contribution is 5.94. The Hall–Kier alpha value is -2.62. The van der Waals surface area contributed by atoms with Crippen LogP contribution in [-0.4, -0.2) is 22.2 Å². The molecule has 0 aliphatic heterocycles. The Labute approximate surface area is 116 Å². The predicted molar refractivity (Wildman–Crippen MR) is 74.3 cm³/mol. The summed E-state index contributed by atoms with van der Waals surface area (Å²) in [4.78, 5) is 21.1. The lowest BCUT2D eigenvalue weighted by Gasteiger charge is -2.01. The minimum Gasteiger partial charge on any atom is -0.478 e. The number of aryl methyl sites for hydroxylation is 1. The average molecular weight is 270 g/mol. The third-order valence-corrected chi connectivity index (χ3v) is 3.09. The Kier molecular flexibility index (Phi) is 3.84. The van der Waals surface area contributed by atoms with Gasteiger partial charge in [-0.1, -0.05) is 30.3 Å². The third kappa shape index (κ3) is 3.23. The van der Waals surface area contributed by atoms with Crippen LogP contribution in [0.2, 0.25) is 0 Å². The first kappa shape index (κ1) is 13.8. The van der Waals surface area contributed by atoms with E-state index in [9.17, 15) is 9.59 Å². The first-order valence-corrected chi connectivity index (χ1v) is 6.13. The van der Waals surface area contributed by atoms with Gasteiger partial charge in [-0.25, -0.2) is 9.59 Å². The van der Waals surface area contributed by atoms with Crippen molar-refractivity contribution in [1.82, 2.24) is 0 Å². The van der Waals surface area contributed by atoms with E-state index in [1.165, 1.54) is 29.7 Å². The molecular weight excluding hydrogens is 256 g/mol. The lowest BCUT2D eigenvalue weighted by Crippen LogP contribution is -2.03. The van der Waals surface area contributed by atoms with Crippen LogP contribution in [0.3, 0.4) is 0 Å². The van der Waals surface area contributed by atoms with Gasteiger partial charge in [-0.05, 0) is 42.2 Å². The molecule has 102 valence electrons. The third-order valence-electron chi connectivity index (χ3n) is 3.09. The number of hydrogen-bond donors (Lipinski definition) is 2. The number of hydrogen-bond acceptors (Lipinski definition) is 2. The summed E-state index contributed by atoms with van der Waals surface area (Å²) in [7, 11) is 0. The summed E-state index contributed by atoms with van der Waals surface area (Å²) in [5.41, 5.74) is 3.63. The van der Waals surface area contributed by atoms with Gasteiger partial charge in [0.15, 0.2) is 0 Å². The zero-order valence-corrected chi connectivity index (χ0v) is 11.0. The largest absolute Gasteiger partial charge is 0.478 e. The van der Waals surface area contributed by atoms with E-state index >= 15 is 0 Å². The summed E-state index contributed by atoms with van der Waals surface area (Å²) in [6, 6.07) is 12.5. The van der Waals surface area contributed by atoms with Gasteiger partial charge in [0.25, 0.3) is 0 Å². The maximum atomic E-state index is 10.6. The van der Waals surface area contributed by atoms with Crippen molar-refractivity contribution in [2.75, 3.05) is 0 Å². The van der Waals surface area contributed by atoms with Crippen LogP contribution in [-0.2, 0) is 6.42 Å². The van der Waals surface area contributed by atoms with E-state index in [-0.39, 0.29) is 11.1 Å². The van der Waals surface area contributed by atoms with E-state index in [4.69, 9.17) is 10.2 Å². The van der Waals surface area contributed by atoms with E-state index in [1.807, 2.05) is 0 Å². The van der Waals surface area contributed by atoms with Crippen molar-refractivity contribution >= 4 is 11.9 Å². The van der Waals surface area contributed by atoms with Gasteiger partial charge in [-0.3, -0.25) is 0 Å². The second kappa shape index (κ2) is 5.57. The maximum absolute atomic E-state index is 10.6. The molecular formula is C16H14O4. The van der Waals surface area contributed by atoms with Crippen LogP contribution in [0.25, 0.3) is 0 Å². The number of aromatic carboxylic acids is 2. The van der Waals surface area contributed by atoms with E-state index in [0.717, 1.165) is 6.07 Å². The van der Waals surface area contributed by atoms with Crippen LogP contribution >= 0.6 is 0 Å². The normalized spacial score (nSPS) is 10.8. The van der Waals surface area contributed by atoms with Crippen LogP contribution in [0.5, 0.6) is 0 Å². The SMILES string of the molecule is Cc1ccc(C(=O)O)cc1C(=O)O.c1ccc2c(c1)C2. The fourth-order valence-electron chi connectivity index (χ4n) is 1.82. The van der Waals surface area contributed by atoms with Crippen molar-refractivity contribution in [1.29, 1.82) is 0 Å². The minimum atomic E-state index is -1.12. The van der Waals surface area contributed by atoms with Gasteiger partial charge >= 0.3 is 11.9 Å². The first-order chi connectivity index (χ1) is 9.49. The lowest BCUT2D eigenvalue weighted by atomic mass is 10.1.